The predicted molar refractivity (Wildman–Crippen MR) is 162 cm³/mol. The van der Waals surface area contributed by atoms with E-state index in [0.29, 0.717) is 17.4 Å². The van der Waals surface area contributed by atoms with E-state index in [2.05, 4.69) is 50.7 Å². The summed E-state index contributed by atoms with van der Waals surface area (Å²) in [6, 6.07) is 10.2. The van der Waals surface area contributed by atoms with Crippen LogP contribution >= 0.6 is 11.3 Å². The molecule has 2 N–H and O–H groups in total. The van der Waals surface area contributed by atoms with Crippen LogP contribution in [0.5, 0.6) is 0 Å². The van der Waals surface area contributed by atoms with Gasteiger partial charge in [0.25, 0.3) is 0 Å². The van der Waals surface area contributed by atoms with Gasteiger partial charge in [-0.05, 0) is 83.6 Å². The minimum atomic E-state index is -0.516. The largest absolute Gasteiger partial charge is 0.444 e. The fourth-order valence-corrected chi connectivity index (χ4v) is 6.85. The van der Waals surface area contributed by atoms with Crippen LogP contribution in [-0.4, -0.2) is 61.7 Å². The summed E-state index contributed by atoms with van der Waals surface area (Å²) in [5, 5.41) is 31.2. The number of carbonyl (C=O) groups is 1. The van der Waals surface area contributed by atoms with E-state index >= 15 is 0 Å². The number of aromatic nitrogens is 5. The van der Waals surface area contributed by atoms with E-state index in [-0.39, 0.29) is 18.2 Å². The Morgan fingerprint density at radius 2 is 1.90 bits per heavy atom. The number of hydrogen-bond acceptors (Lipinski definition) is 10. The highest BCUT2D eigenvalue weighted by Gasteiger charge is 2.44. The summed E-state index contributed by atoms with van der Waals surface area (Å²) in [5.74, 6) is 0.690. The molecule has 1 amide bonds. The van der Waals surface area contributed by atoms with Crippen LogP contribution < -0.4 is 15.5 Å². The van der Waals surface area contributed by atoms with Gasteiger partial charge in [-0.3, -0.25) is 4.98 Å². The second-order valence-corrected chi connectivity index (χ2v) is 13.3. The molecule has 4 aromatic rings. The highest BCUT2D eigenvalue weighted by molar-refractivity contribution is 7.18. The van der Waals surface area contributed by atoms with Crippen molar-refractivity contribution < 1.29 is 9.53 Å². The Bertz CT molecular complexity index is 1650. The van der Waals surface area contributed by atoms with Crippen LogP contribution in [-0.2, 0) is 4.74 Å². The number of alkyl carbamates (subject to hydrolysis) is 1. The summed E-state index contributed by atoms with van der Waals surface area (Å²) in [7, 11) is 0. The van der Waals surface area contributed by atoms with Crippen molar-refractivity contribution in [1.29, 1.82) is 5.26 Å². The minimum Gasteiger partial charge on any atom is -0.444 e. The van der Waals surface area contributed by atoms with Crippen LogP contribution in [0, 0.1) is 23.2 Å². The zero-order valence-corrected chi connectivity index (χ0v) is 25.3. The van der Waals surface area contributed by atoms with Gasteiger partial charge in [-0.15, -0.1) is 10.2 Å². The molecule has 11 nitrogen and oxygen atoms in total. The molecule has 218 valence electrons. The second-order valence-electron chi connectivity index (χ2n) is 12.4. The summed E-state index contributed by atoms with van der Waals surface area (Å²) < 4.78 is 7.31. The van der Waals surface area contributed by atoms with E-state index in [1.165, 1.54) is 0 Å². The number of carbonyl (C=O) groups excluding carboxylic acids is 1. The van der Waals surface area contributed by atoms with Gasteiger partial charge >= 0.3 is 6.09 Å². The van der Waals surface area contributed by atoms with Crippen LogP contribution in [0.3, 0.4) is 0 Å². The summed E-state index contributed by atoms with van der Waals surface area (Å²) in [6.07, 6.45) is 5.20. The summed E-state index contributed by atoms with van der Waals surface area (Å²) in [6.45, 7) is 11.5. The zero-order chi connectivity index (χ0) is 29.6. The number of nitrogens with one attached hydrogen (secondary N) is 2. The van der Waals surface area contributed by atoms with Crippen molar-refractivity contribution in [1.82, 2.24) is 30.1 Å². The van der Waals surface area contributed by atoms with Crippen molar-refractivity contribution >= 4 is 33.8 Å². The molecule has 4 aromatic heterocycles. The number of ether oxygens (including phenoxy) is 1. The molecule has 1 aliphatic carbocycles. The molecule has 1 saturated heterocycles. The average Bonchev–Trinajstić information content (AvgIpc) is 3.63. The normalized spacial score (nSPS) is 20.1. The number of nitrogens with zero attached hydrogens (tertiary/aromatic N) is 7. The van der Waals surface area contributed by atoms with E-state index in [1.807, 2.05) is 51.2 Å². The number of piperidine rings is 1. The summed E-state index contributed by atoms with van der Waals surface area (Å²) in [5.41, 5.74) is 4.24. The molecule has 0 radical (unpaired) electrons. The average molecular weight is 586 g/mol. The van der Waals surface area contributed by atoms with Gasteiger partial charge in [-0.1, -0.05) is 11.3 Å². The van der Waals surface area contributed by atoms with Crippen LogP contribution in [0.25, 0.3) is 27.5 Å². The number of amides is 1. The monoisotopic (exact) mass is 585 g/mol. The first-order chi connectivity index (χ1) is 20.1. The van der Waals surface area contributed by atoms with Gasteiger partial charge in [-0.2, -0.15) is 10.4 Å². The van der Waals surface area contributed by atoms with Crippen molar-refractivity contribution in [2.75, 3.05) is 23.3 Å². The number of hydrogen-bond donors (Lipinski definition) is 2. The molecular formula is C30H35N9O2S. The number of pyridine rings is 1. The maximum absolute atomic E-state index is 12.5. The summed E-state index contributed by atoms with van der Waals surface area (Å²) >= 11 is 1.56. The molecule has 2 unspecified atom stereocenters. The summed E-state index contributed by atoms with van der Waals surface area (Å²) in [4.78, 5) is 19.6. The van der Waals surface area contributed by atoms with Gasteiger partial charge in [0.15, 0.2) is 5.01 Å². The van der Waals surface area contributed by atoms with Gasteiger partial charge < -0.3 is 20.3 Å². The Hall–Kier alpha value is -4.24. The van der Waals surface area contributed by atoms with Gasteiger partial charge in [0.05, 0.1) is 34.2 Å². The van der Waals surface area contributed by atoms with E-state index in [1.54, 1.807) is 22.0 Å². The molecule has 2 bridgehead atoms. The minimum absolute atomic E-state index is 0.119. The van der Waals surface area contributed by atoms with Gasteiger partial charge in [0.2, 0.25) is 5.13 Å². The quantitative estimate of drug-likeness (QED) is 0.307. The smallest absolute Gasteiger partial charge is 0.407 e. The molecule has 2 aliphatic rings. The van der Waals surface area contributed by atoms with E-state index < -0.39 is 5.60 Å². The van der Waals surface area contributed by atoms with Gasteiger partial charge in [0.1, 0.15) is 11.7 Å². The molecule has 12 heteroatoms. The Kier molecular flexibility index (Phi) is 7.22. The number of nitriles is 1. The maximum atomic E-state index is 12.5. The first-order valence-corrected chi connectivity index (χ1v) is 15.1. The molecule has 5 heterocycles. The van der Waals surface area contributed by atoms with E-state index in [0.717, 1.165) is 64.2 Å². The SMILES string of the molecule is CC(C)Nc1cc(-c2ccc3cc(C#N)cnn23)ncc1-c1nnc(N2CC3CC[C@@H](C2)C3NC(=O)OC(C)(C)C)s1. The standard InChI is InChI=1S/C30H35N9O2S/c1-17(2)34-23-11-24(25-9-8-21-10-18(12-31)13-33-39(21)25)32-14-22(23)27-36-37-28(42-27)38-15-19-6-7-20(16-38)26(19)35-29(40)41-30(3,4)5/h8-11,13-14,17,19-20,26H,6-7,15-16H2,1-5H3,(H,32,34)(H,35,40)/t19-,20?,26?/m0/s1. The lowest BCUT2D eigenvalue weighted by atomic mass is 9.92. The zero-order valence-electron chi connectivity index (χ0n) is 24.5. The predicted octanol–water partition coefficient (Wildman–Crippen LogP) is 5.35. The van der Waals surface area contributed by atoms with Gasteiger partial charge in [0, 0.05) is 37.1 Å². The molecule has 1 aliphatic heterocycles. The molecule has 0 spiro atoms. The number of rotatable bonds is 6. The molecule has 42 heavy (non-hydrogen) atoms. The highest BCUT2D eigenvalue weighted by atomic mass is 32.1. The molecule has 0 aromatic carbocycles. The molecule has 3 atom stereocenters. The van der Waals surface area contributed by atoms with E-state index in [9.17, 15) is 10.1 Å². The fourth-order valence-electron chi connectivity index (χ4n) is 5.96. The van der Waals surface area contributed by atoms with Crippen molar-refractivity contribution in [2.24, 2.45) is 11.8 Å². The molecular weight excluding hydrogens is 550 g/mol. The van der Waals surface area contributed by atoms with Crippen LogP contribution in [0.15, 0.2) is 36.7 Å². The Morgan fingerprint density at radius 1 is 1.14 bits per heavy atom. The van der Waals surface area contributed by atoms with E-state index in [4.69, 9.17) is 9.72 Å². The lowest BCUT2D eigenvalue weighted by Gasteiger charge is -2.38. The fraction of sp³-hybridized carbons (Fsp3) is 0.467. The van der Waals surface area contributed by atoms with Crippen LogP contribution in [0.2, 0.25) is 0 Å². The lowest BCUT2D eigenvalue weighted by molar-refractivity contribution is 0.0472. The number of anilines is 2. The third-order valence-electron chi connectivity index (χ3n) is 7.67. The Balaban J connectivity index is 1.23. The van der Waals surface area contributed by atoms with Crippen molar-refractivity contribution in [3.8, 4) is 28.0 Å². The number of fused-ring (bicyclic) bond motifs is 3. The first-order valence-electron chi connectivity index (χ1n) is 14.3. The maximum Gasteiger partial charge on any atom is 0.407 e. The third-order valence-corrected chi connectivity index (χ3v) is 8.69. The van der Waals surface area contributed by atoms with Crippen molar-refractivity contribution in [3.05, 3.63) is 42.2 Å². The lowest BCUT2D eigenvalue weighted by Crippen LogP contribution is -2.53. The second kappa shape index (κ2) is 10.9. The highest BCUT2D eigenvalue weighted by Crippen LogP contribution is 2.41. The van der Waals surface area contributed by atoms with Crippen molar-refractivity contribution in [2.45, 2.75) is 65.1 Å². The first kappa shape index (κ1) is 27.9. The third kappa shape index (κ3) is 5.61. The van der Waals surface area contributed by atoms with Gasteiger partial charge in [-0.25, -0.2) is 9.31 Å². The molecule has 6 rings (SSSR count). The topological polar surface area (TPSA) is 133 Å². The van der Waals surface area contributed by atoms with Crippen molar-refractivity contribution in [3.63, 3.8) is 0 Å². The van der Waals surface area contributed by atoms with Crippen LogP contribution in [0.4, 0.5) is 15.6 Å². The Morgan fingerprint density at radius 3 is 2.60 bits per heavy atom. The molecule has 2 fully saturated rings. The Labute approximate surface area is 248 Å². The van der Waals surface area contributed by atoms with Crippen LogP contribution in [0.1, 0.15) is 53.0 Å². The molecule has 1 saturated carbocycles.